The van der Waals surface area contributed by atoms with Crippen LogP contribution >= 0.6 is 0 Å². The first-order chi connectivity index (χ1) is 7.41. The second-order valence-electron chi connectivity index (χ2n) is 4.58. The van der Waals surface area contributed by atoms with Crippen LogP contribution in [-0.4, -0.2) is 23.7 Å². The van der Waals surface area contributed by atoms with Gasteiger partial charge in [0.2, 0.25) is 5.76 Å². The third-order valence-corrected chi connectivity index (χ3v) is 2.27. The molecule has 1 heterocycles. The van der Waals surface area contributed by atoms with E-state index in [1.165, 1.54) is 6.07 Å². The summed E-state index contributed by atoms with van der Waals surface area (Å²) in [7, 11) is 0. The van der Waals surface area contributed by atoms with E-state index in [1.54, 1.807) is 6.07 Å². The molecule has 0 aliphatic carbocycles. The van der Waals surface area contributed by atoms with E-state index in [9.17, 15) is 4.79 Å². The van der Waals surface area contributed by atoms with E-state index in [4.69, 9.17) is 9.52 Å². The van der Waals surface area contributed by atoms with E-state index < -0.39 is 5.97 Å². The lowest BCUT2D eigenvalue weighted by Gasteiger charge is -2.27. The van der Waals surface area contributed by atoms with E-state index in [-0.39, 0.29) is 11.8 Å². The van der Waals surface area contributed by atoms with Crippen molar-refractivity contribution < 1.29 is 14.3 Å². The van der Waals surface area contributed by atoms with Crippen molar-refractivity contribution >= 4 is 11.9 Å². The lowest BCUT2D eigenvalue weighted by atomic mass is 10.2. The Balaban J connectivity index is 2.88. The summed E-state index contributed by atoms with van der Waals surface area (Å²) in [5.74, 6) is 0.0887. The van der Waals surface area contributed by atoms with Crippen molar-refractivity contribution in [3.63, 3.8) is 0 Å². The zero-order chi connectivity index (χ0) is 12.3. The number of anilines is 1. The molecule has 0 aliphatic heterocycles. The van der Waals surface area contributed by atoms with E-state index in [0.717, 1.165) is 6.54 Å². The summed E-state index contributed by atoms with van der Waals surface area (Å²) in [5.41, 5.74) is 0. The topological polar surface area (TPSA) is 53.7 Å². The number of nitrogens with zero attached hydrogens (tertiary/aromatic N) is 1. The van der Waals surface area contributed by atoms with Gasteiger partial charge in [0.05, 0.1) is 0 Å². The highest BCUT2D eigenvalue weighted by Crippen LogP contribution is 2.21. The summed E-state index contributed by atoms with van der Waals surface area (Å²) in [6, 6.07) is 3.49. The van der Waals surface area contributed by atoms with Gasteiger partial charge in [0, 0.05) is 18.7 Å². The molecule has 0 saturated heterocycles. The fraction of sp³-hybridized carbons (Fsp3) is 0.583. The van der Waals surface area contributed by atoms with Crippen LogP contribution in [0, 0.1) is 5.92 Å². The second kappa shape index (κ2) is 5.05. The average Bonchev–Trinajstić information content (AvgIpc) is 2.61. The maximum atomic E-state index is 10.7. The van der Waals surface area contributed by atoms with Crippen molar-refractivity contribution in [2.45, 2.75) is 33.7 Å². The van der Waals surface area contributed by atoms with Crippen LogP contribution in [0.15, 0.2) is 16.5 Å². The monoisotopic (exact) mass is 225 g/mol. The van der Waals surface area contributed by atoms with Crippen molar-refractivity contribution in [2.75, 3.05) is 11.4 Å². The number of aromatic carboxylic acids is 1. The molecule has 0 aliphatic rings. The molecule has 0 amide bonds. The summed E-state index contributed by atoms with van der Waals surface area (Å²) in [4.78, 5) is 12.8. The fourth-order valence-corrected chi connectivity index (χ4v) is 1.55. The Bertz CT molecular complexity index is 355. The van der Waals surface area contributed by atoms with Gasteiger partial charge in [0.1, 0.15) is 0 Å². The van der Waals surface area contributed by atoms with Gasteiger partial charge >= 0.3 is 5.97 Å². The fourth-order valence-electron chi connectivity index (χ4n) is 1.55. The lowest BCUT2D eigenvalue weighted by Crippen LogP contribution is -2.33. The van der Waals surface area contributed by atoms with Gasteiger partial charge in [-0.25, -0.2) is 4.79 Å². The maximum Gasteiger partial charge on any atom is 0.371 e. The predicted molar refractivity (Wildman–Crippen MR) is 63.0 cm³/mol. The largest absolute Gasteiger partial charge is 0.475 e. The van der Waals surface area contributed by atoms with Crippen LogP contribution in [0.25, 0.3) is 0 Å². The van der Waals surface area contributed by atoms with Gasteiger partial charge < -0.3 is 14.4 Å². The highest BCUT2D eigenvalue weighted by atomic mass is 16.4. The zero-order valence-electron chi connectivity index (χ0n) is 10.2. The third-order valence-electron chi connectivity index (χ3n) is 2.27. The van der Waals surface area contributed by atoms with Gasteiger partial charge in [-0.05, 0) is 25.8 Å². The highest BCUT2D eigenvalue weighted by molar-refractivity contribution is 5.84. The quantitative estimate of drug-likeness (QED) is 0.837. The van der Waals surface area contributed by atoms with Crippen LogP contribution < -0.4 is 4.90 Å². The van der Waals surface area contributed by atoms with Crippen LogP contribution in [0.4, 0.5) is 5.88 Å². The molecular weight excluding hydrogens is 206 g/mol. The summed E-state index contributed by atoms with van der Waals surface area (Å²) < 4.78 is 5.30. The molecule has 1 aromatic heterocycles. The molecule has 1 aromatic rings. The first-order valence-corrected chi connectivity index (χ1v) is 5.51. The van der Waals surface area contributed by atoms with Crippen molar-refractivity contribution in [3.05, 3.63) is 17.9 Å². The lowest BCUT2D eigenvalue weighted by molar-refractivity contribution is 0.0663. The first-order valence-electron chi connectivity index (χ1n) is 5.51. The molecule has 4 nitrogen and oxygen atoms in total. The number of carbonyl (C=O) groups is 1. The van der Waals surface area contributed by atoms with Crippen molar-refractivity contribution in [1.29, 1.82) is 0 Å². The van der Waals surface area contributed by atoms with Gasteiger partial charge in [-0.3, -0.25) is 0 Å². The number of hydrogen-bond donors (Lipinski definition) is 1. The molecule has 0 saturated carbocycles. The summed E-state index contributed by atoms with van der Waals surface area (Å²) in [5, 5.41) is 8.79. The molecule has 0 aromatic carbocycles. The Morgan fingerprint density at radius 3 is 2.38 bits per heavy atom. The Labute approximate surface area is 95.9 Å². The standard InChI is InChI=1S/C12H19NO3/c1-8(2)7-13(9(3)4)11-6-5-10(16-11)12(14)15/h5-6,8-9H,7H2,1-4H3,(H,14,15). The molecule has 0 unspecified atom stereocenters. The molecule has 1 N–H and O–H groups in total. The second-order valence-corrected chi connectivity index (χ2v) is 4.58. The third kappa shape index (κ3) is 3.02. The molecule has 0 atom stereocenters. The molecule has 16 heavy (non-hydrogen) atoms. The number of rotatable bonds is 5. The van der Waals surface area contributed by atoms with Crippen LogP contribution in [0.2, 0.25) is 0 Å². The minimum Gasteiger partial charge on any atom is -0.475 e. The average molecular weight is 225 g/mol. The number of carboxylic acid groups (broad SMARTS) is 1. The summed E-state index contributed by atoms with van der Waals surface area (Å²) in [6.45, 7) is 9.22. The van der Waals surface area contributed by atoms with Crippen LogP contribution in [-0.2, 0) is 0 Å². The van der Waals surface area contributed by atoms with Gasteiger partial charge in [-0.2, -0.15) is 0 Å². The molecule has 0 fully saturated rings. The smallest absolute Gasteiger partial charge is 0.371 e. The normalized spacial score (nSPS) is 11.1. The van der Waals surface area contributed by atoms with Crippen LogP contribution in [0.3, 0.4) is 0 Å². The number of hydrogen-bond acceptors (Lipinski definition) is 3. The molecule has 90 valence electrons. The zero-order valence-corrected chi connectivity index (χ0v) is 10.2. The molecule has 0 radical (unpaired) electrons. The maximum absolute atomic E-state index is 10.7. The molecule has 0 bridgehead atoms. The van der Waals surface area contributed by atoms with Crippen LogP contribution in [0.1, 0.15) is 38.2 Å². The van der Waals surface area contributed by atoms with Crippen LogP contribution in [0.5, 0.6) is 0 Å². The van der Waals surface area contributed by atoms with Crippen molar-refractivity contribution in [1.82, 2.24) is 0 Å². The Morgan fingerprint density at radius 1 is 1.38 bits per heavy atom. The predicted octanol–water partition coefficient (Wildman–Crippen LogP) is 2.85. The van der Waals surface area contributed by atoms with E-state index in [0.29, 0.717) is 11.8 Å². The summed E-state index contributed by atoms with van der Waals surface area (Å²) in [6.07, 6.45) is 0. The van der Waals surface area contributed by atoms with E-state index in [1.807, 2.05) is 0 Å². The van der Waals surface area contributed by atoms with Gasteiger partial charge in [0.25, 0.3) is 0 Å². The first kappa shape index (κ1) is 12.6. The molecule has 4 heteroatoms. The van der Waals surface area contributed by atoms with Crippen molar-refractivity contribution in [2.24, 2.45) is 5.92 Å². The Kier molecular flexibility index (Phi) is 3.99. The molecular formula is C12H19NO3. The highest BCUT2D eigenvalue weighted by Gasteiger charge is 2.17. The Hall–Kier alpha value is -1.45. The SMILES string of the molecule is CC(C)CN(c1ccc(C(=O)O)o1)C(C)C. The molecule has 1 rings (SSSR count). The summed E-state index contributed by atoms with van der Waals surface area (Å²) >= 11 is 0. The van der Waals surface area contributed by atoms with Gasteiger partial charge in [-0.1, -0.05) is 13.8 Å². The Morgan fingerprint density at radius 2 is 2.00 bits per heavy atom. The minimum atomic E-state index is -1.03. The number of furan rings is 1. The van der Waals surface area contributed by atoms with Gasteiger partial charge in [-0.15, -0.1) is 0 Å². The van der Waals surface area contributed by atoms with Crippen molar-refractivity contribution in [3.8, 4) is 0 Å². The van der Waals surface area contributed by atoms with E-state index >= 15 is 0 Å². The van der Waals surface area contributed by atoms with Gasteiger partial charge in [0.15, 0.2) is 5.88 Å². The number of carboxylic acids is 1. The minimum absolute atomic E-state index is 0.00981. The molecule has 0 spiro atoms. The van der Waals surface area contributed by atoms with E-state index in [2.05, 4.69) is 32.6 Å².